The summed E-state index contributed by atoms with van der Waals surface area (Å²) in [5.41, 5.74) is 2.04. The molecule has 3 aliphatic heterocycles. The highest BCUT2D eigenvalue weighted by Crippen LogP contribution is 2.28. The van der Waals surface area contributed by atoms with E-state index in [4.69, 9.17) is 0 Å². The zero-order chi connectivity index (χ0) is 18.6. The molecule has 1 N–H and O–H groups in total. The van der Waals surface area contributed by atoms with Gasteiger partial charge in [0.25, 0.3) is 0 Å². The van der Waals surface area contributed by atoms with Crippen LogP contribution in [0, 0.1) is 11.7 Å². The highest BCUT2D eigenvalue weighted by molar-refractivity contribution is 5.74. The summed E-state index contributed by atoms with van der Waals surface area (Å²) in [6.07, 6.45) is 5.87. The van der Waals surface area contributed by atoms with Crippen molar-refractivity contribution in [1.29, 1.82) is 0 Å². The van der Waals surface area contributed by atoms with Gasteiger partial charge in [-0.15, -0.1) is 0 Å². The third-order valence-electron chi connectivity index (χ3n) is 5.54. The van der Waals surface area contributed by atoms with Gasteiger partial charge < -0.3 is 10.2 Å². The fourth-order valence-electron chi connectivity index (χ4n) is 4.23. The Morgan fingerprint density at radius 2 is 1.96 bits per heavy atom. The molecule has 1 aromatic heterocycles. The number of fused-ring (bicyclic) bond motifs is 4. The largest absolute Gasteiger partial charge is 0.334 e. The summed E-state index contributed by atoms with van der Waals surface area (Å²) in [7, 11) is 0. The molecule has 3 aliphatic rings. The van der Waals surface area contributed by atoms with Crippen molar-refractivity contribution >= 4 is 6.03 Å². The number of carbonyl (C=O) groups excluding carboxylic acids is 1. The summed E-state index contributed by atoms with van der Waals surface area (Å²) >= 11 is 0. The molecule has 2 amide bonds. The third-order valence-corrected chi connectivity index (χ3v) is 5.54. The maximum absolute atomic E-state index is 13.3. The van der Waals surface area contributed by atoms with Gasteiger partial charge >= 0.3 is 6.03 Å². The zero-order valence-electron chi connectivity index (χ0n) is 15.4. The van der Waals surface area contributed by atoms with E-state index in [1.807, 2.05) is 23.4 Å². The van der Waals surface area contributed by atoms with Gasteiger partial charge in [-0.1, -0.05) is 12.1 Å². The molecule has 3 saturated heterocycles. The first kappa shape index (κ1) is 17.9. The van der Waals surface area contributed by atoms with E-state index in [1.54, 1.807) is 6.07 Å². The van der Waals surface area contributed by atoms with Crippen LogP contribution in [0.4, 0.5) is 9.18 Å². The molecule has 5 nitrogen and oxygen atoms in total. The van der Waals surface area contributed by atoms with Crippen LogP contribution in [0.2, 0.25) is 0 Å². The fourth-order valence-corrected chi connectivity index (χ4v) is 4.23. The van der Waals surface area contributed by atoms with Crippen LogP contribution < -0.4 is 5.32 Å². The van der Waals surface area contributed by atoms with Gasteiger partial charge in [0.2, 0.25) is 0 Å². The highest BCUT2D eigenvalue weighted by atomic mass is 19.1. The van der Waals surface area contributed by atoms with Crippen molar-refractivity contribution in [3.8, 4) is 0 Å². The SMILES string of the molecule is O=C(NCc1cccc(F)c1)N1C[C@H]2CC[C@@H]1CN(Cc1ccncc1)C2. The molecule has 0 saturated carbocycles. The molecule has 2 bridgehead atoms. The van der Waals surface area contributed by atoms with Crippen molar-refractivity contribution in [3.63, 3.8) is 0 Å². The molecular weight excluding hydrogens is 343 g/mol. The highest BCUT2D eigenvalue weighted by Gasteiger charge is 2.37. The molecule has 5 rings (SSSR count). The van der Waals surface area contributed by atoms with Gasteiger partial charge in [-0.3, -0.25) is 9.88 Å². The minimum atomic E-state index is -0.276. The number of hydrogen-bond acceptors (Lipinski definition) is 3. The van der Waals surface area contributed by atoms with E-state index in [0.29, 0.717) is 12.5 Å². The number of benzene rings is 1. The van der Waals surface area contributed by atoms with Crippen LogP contribution in [-0.4, -0.2) is 46.5 Å². The van der Waals surface area contributed by atoms with Crippen molar-refractivity contribution in [3.05, 3.63) is 65.7 Å². The third kappa shape index (κ3) is 4.45. The molecule has 4 heterocycles. The Morgan fingerprint density at radius 3 is 2.78 bits per heavy atom. The molecule has 2 atom stereocenters. The molecule has 0 radical (unpaired) electrons. The number of piperidine rings is 1. The fraction of sp³-hybridized carbons (Fsp3) is 0.429. The molecule has 0 unspecified atom stereocenters. The predicted molar refractivity (Wildman–Crippen MR) is 101 cm³/mol. The number of nitrogens with zero attached hydrogens (tertiary/aromatic N) is 3. The van der Waals surface area contributed by atoms with E-state index >= 15 is 0 Å². The number of amides is 2. The number of hydrogen-bond donors (Lipinski definition) is 1. The molecule has 3 fully saturated rings. The van der Waals surface area contributed by atoms with Crippen LogP contribution in [0.5, 0.6) is 0 Å². The van der Waals surface area contributed by atoms with Crippen molar-refractivity contribution in [1.82, 2.24) is 20.1 Å². The maximum Gasteiger partial charge on any atom is 0.317 e. The van der Waals surface area contributed by atoms with Gasteiger partial charge in [-0.25, -0.2) is 9.18 Å². The van der Waals surface area contributed by atoms with Gasteiger partial charge in [-0.2, -0.15) is 0 Å². The molecule has 6 heteroatoms. The van der Waals surface area contributed by atoms with E-state index in [1.165, 1.54) is 24.1 Å². The number of halogens is 1. The van der Waals surface area contributed by atoms with E-state index in [-0.39, 0.29) is 17.9 Å². The Kier molecular flexibility index (Phi) is 5.34. The van der Waals surface area contributed by atoms with Gasteiger partial charge in [0, 0.05) is 51.2 Å². The first-order chi connectivity index (χ1) is 13.2. The number of rotatable bonds is 4. The molecule has 27 heavy (non-hydrogen) atoms. The Morgan fingerprint density at radius 1 is 1.11 bits per heavy atom. The quantitative estimate of drug-likeness (QED) is 0.902. The standard InChI is InChI=1S/C21H25FN4O/c22-19-3-1-2-17(10-19)11-24-21(27)26-14-18-4-5-20(26)15-25(13-18)12-16-6-8-23-9-7-16/h1-3,6-10,18,20H,4-5,11-15H2,(H,24,27)/t18-,20+/m0/s1. The van der Waals surface area contributed by atoms with Crippen LogP contribution in [0.25, 0.3) is 0 Å². The first-order valence-corrected chi connectivity index (χ1v) is 9.57. The van der Waals surface area contributed by atoms with Crippen LogP contribution in [0.3, 0.4) is 0 Å². The minimum Gasteiger partial charge on any atom is -0.334 e. The van der Waals surface area contributed by atoms with Crippen LogP contribution in [0.15, 0.2) is 48.8 Å². The molecular formula is C21H25FN4O. The zero-order valence-corrected chi connectivity index (χ0v) is 15.4. The lowest BCUT2D eigenvalue weighted by Gasteiger charge is -2.36. The number of pyridine rings is 1. The molecule has 142 valence electrons. The monoisotopic (exact) mass is 368 g/mol. The summed E-state index contributed by atoms with van der Waals surface area (Å²) in [6, 6.07) is 10.7. The number of aromatic nitrogens is 1. The average molecular weight is 368 g/mol. The van der Waals surface area contributed by atoms with Crippen LogP contribution in [0.1, 0.15) is 24.0 Å². The second-order valence-electron chi connectivity index (χ2n) is 7.59. The Hall–Kier alpha value is -2.47. The van der Waals surface area contributed by atoms with Crippen LogP contribution in [-0.2, 0) is 13.1 Å². The Bertz CT molecular complexity index is 785. The van der Waals surface area contributed by atoms with Gasteiger partial charge in [0.15, 0.2) is 0 Å². The molecule has 0 aliphatic carbocycles. The lowest BCUT2D eigenvalue weighted by molar-refractivity contribution is 0.140. The van der Waals surface area contributed by atoms with E-state index in [9.17, 15) is 9.18 Å². The van der Waals surface area contributed by atoms with Gasteiger partial charge in [0.05, 0.1) is 0 Å². The van der Waals surface area contributed by atoms with E-state index in [0.717, 1.165) is 38.2 Å². The molecule has 2 aromatic rings. The van der Waals surface area contributed by atoms with Crippen molar-refractivity contribution < 1.29 is 9.18 Å². The van der Waals surface area contributed by atoms with Crippen molar-refractivity contribution in [2.45, 2.75) is 32.0 Å². The van der Waals surface area contributed by atoms with Gasteiger partial charge in [0.1, 0.15) is 5.82 Å². The second-order valence-corrected chi connectivity index (χ2v) is 7.59. The van der Waals surface area contributed by atoms with Crippen molar-refractivity contribution in [2.24, 2.45) is 5.92 Å². The second kappa shape index (κ2) is 8.05. The summed E-state index contributed by atoms with van der Waals surface area (Å²) in [4.78, 5) is 21.3. The first-order valence-electron chi connectivity index (χ1n) is 9.57. The van der Waals surface area contributed by atoms with Crippen LogP contribution >= 0.6 is 0 Å². The summed E-state index contributed by atoms with van der Waals surface area (Å²) in [5.74, 6) is 0.229. The predicted octanol–water partition coefficient (Wildman–Crippen LogP) is 3.03. The Labute approximate surface area is 159 Å². The van der Waals surface area contributed by atoms with E-state index < -0.39 is 0 Å². The summed E-state index contributed by atoms with van der Waals surface area (Å²) in [5, 5.41) is 2.97. The lowest BCUT2D eigenvalue weighted by Crippen LogP contribution is -2.51. The normalized spacial score (nSPS) is 22.5. The average Bonchev–Trinajstić information content (AvgIpc) is 2.97. The Balaban J connectivity index is 1.37. The smallest absolute Gasteiger partial charge is 0.317 e. The summed E-state index contributed by atoms with van der Waals surface area (Å²) < 4.78 is 13.3. The van der Waals surface area contributed by atoms with Crippen molar-refractivity contribution in [2.75, 3.05) is 19.6 Å². The van der Waals surface area contributed by atoms with E-state index in [2.05, 4.69) is 27.3 Å². The summed E-state index contributed by atoms with van der Waals surface area (Å²) in [6.45, 7) is 3.96. The number of carbonyl (C=O) groups is 1. The number of urea groups is 1. The minimum absolute atomic E-state index is 0.0419. The van der Waals surface area contributed by atoms with Gasteiger partial charge in [-0.05, 0) is 54.2 Å². The molecule has 0 spiro atoms. The maximum atomic E-state index is 13.3. The lowest BCUT2D eigenvalue weighted by atomic mass is 9.95. The molecule has 1 aromatic carbocycles. The topological polar surface area (TPSA) is 48.5 Å². The number of nitrogens with one attached hydrogen (secondary N) is 1.